The van der Waals surface area contributed by atoms with Gasteiger partial charge in [-0.2, -0.15) is 0 Å². The van der Waals surface area contributed by atoms with Gasteiger partial charge < -0.3 is 14.8 Å². The smallest absolute Gasteiger partial charge is 0.201 e. The predicted octanol–water partition coefficient (Wildman–Crippen LogP) is 4.82. The summed E-state index contributed by atoms with van der Waals surface area (Å²) in [6.45, 7) is 6.50. The molecule has 1 aromatic rings. The Labute approximate surface area is 169 Å². The lowest BCUT2D eigenvalue weighted by molar-refractivity contribution is -0.568. The predicted molar refractivity (Wildman–Crippen MR) is 105 cm³/mol. The number of alkyl halides is 1. The van der Waals surface area contributed by atoms with Crippen LogP contribution in [0.25, 0.3) is 0 Å². The summed E-state index contributed by atoms with van der Waals surface area (Å²) < 4.78 is 12.7. The number of benzene rings is 1. The molecule has 1 saturated carbocycles. The minimum absolute atomic E-state index is 0.216. The van der Waals surface area contributed by atoms with Gasteiger partial charge in [-0.15, -0.1) is 0 Å². The van der Waals surface area contributed by atoms with Crippen LogP contribution in [0, 0.1) is 17.8 Å². The molecular formula is C21H28BrNO4. The van der Waals surface area contributed by atoms with E-state index in [1.807, 2.05) is 25.1 Å². The molecule has 27 heavy (non-hydrogen) atoms. The largest absolute Gasteiger partial charge is 0.359 e. The molecule has 6 heteroatoms. The standard InChI is InChI=1S/C21H28BrNO4/c1-13-9-10-16-20(3,22)17(23-14-7-5-4-6-8-14)24-18-21(16)15(13)11-12-19(2,25-18)26-27-21/h4-8,13,15-18,23H,9-12H2,1-3H3/t13-,15+,16+,17+,18-,19-,20+,21-/m1/s1. The van der Waals surface area contributed by atoms with Gasteiger partial charge >= 0.3 is 0 Å². The summed E-state index contributed by atoms with van der Waals surface area (Å²) in [5.41, 5.74) is 0.466. The first kappa shape index (κ1) is 18.4. The van der Waals surface area contributed by atoms with Crippen molar-refractivity contribution in [3.05, 3.63) is 30.3 Å². The number of halogens is 1. The number of ether oxygens (including phenoxy) is 2. The molecule has 0 amide bonds. The Bertz CT molecular complexity index is 715. The molecule has 6 rings (SSSR count). The van der Waals surface area contributed by atoms with Crippen LogP contribution >= 0.6 is 15.9 Å². The highest BCUT2D eigenvalue weighted by Crippen LogP contribution is 2.63. The fraction of sp³-hybridized carbons (Fsp3) is 0.714. The van der Waals surface area contributed by atoms with E-state index in [2.05, 4.69) is 47.2 Å². The number of hydrogen-bond acceptors (Lipinski definition) is 5. The first-order chi connectivity index (χ1) is 12.9. The summed E-state index contributed by atoms with van der Waals surface area (Å²) in [6, 6.07) is 10.2. The zero-order valence-corrected chi connectivity index (χ0v) is 17.7. The second kappa shape index (κ2) is 6.17. The minimum Gasteiger partial charge on any atom is -0.359 e. The van der Waals surface area contributed by atoms with E-state index in [0.29, 0.717) is 11.8 Å². The second-order valence-electron chi connectivity index (χ2n) is 9.03. The molecule has 5 fully saturated rings. The Balaban J connectivity index is 1.55. The topological polar surface area (TPSA) is 49.0 Å². The summed E-state index contributed by atoms with van der Waals surface area (Å²) in [6.07, 6.45) is 3.42. The third-order valence-electron chi connectivity index (χ3n) is 7.24. The molecule has 148 valence electrons. The third-order valence-corrected chi connectivity index (χ3v) is 8.21. The van der Waals surface area contributed by atoms with Crippen LogP contribution in [0.4, 0.5) is 5.69 Å². The lowest BCUT2D eigenvalue weighted by atomic mass is 9.58. The molecule has 0 unspecified atom stereocenters. The normalized spacial score (nSPS) is 51.3. The maximum atomic E-state index is 6.58. The number of anilines is 1. The van der Waals surface area contributed by atoms with Crippen molar-refractivity contribution in [1.29, 1.82) is 0 Å². The van der Waals surface area contributed by atoms with Crippen molar-refractivity contribution in [2.75, 3.05) is 5.32 Å². The summed E-state index contributed by atoms with van der Waals surface area (Å²) in [4.78, 5) is 12.1. The first-order valence-corrected chi connectivity index (χ1v) is 10.8. The number of fused-ring (bicyclic) bond motifs is 2. The first-order valence-electron chi connectivity index (χ1n) is 10.1. The van der Waals surface area contributed by atoms with Crippen LogP contribution in [0.3, 0.4) is 0 Å². The van der Waals surface area contributed by atoms with Crippen LogP contribution in [0.15, 0.2) is 30.3 Å². The third kappa shape index (κ3) is 2.64. The zero-order valence-electron chi connectivity index (χ0n) is 16.1. The van der Waals surface area contributed by atoms with E-state index in [9.17, 15) is 0 Å². The number of nitrogens with one attached hydrogen (secondary N) is 1. The van der Waals surface area contributed by atoms with Gasteiger partial charge in [0.25, 0.3) is 0 Å². The van der Waals surface area contributed by atoms with Crippen LogP contribution in [-0.4, -0.2) is 28.2 Å². The molecule has 4 aliphatic heterocycles. The van der Waals surface area contributed by atoms with Gasteiger partial charge in [0.15, 0.2) is 11.9 Å². The van der Waals surface area contributed by atoms with Gasteiger partial charge in [-0.05, 0) is 57.1 Å². The number of para-hydroxylation sites is 1. The van der Waals surface area contributed by atoms with Crippen LogP contribution in [0.1, 0.15) is 46.5 Å². The Morgan fingerprint density at radius 1 is 1.07 bits per heavy atom. The Hall–Kier alpha value is -0.660. The van der Waals surface area contributed by atoms with Gasteiger partial charge in [-0.3, -0.25) is 0 Å². The van der Waals surface area contributed by atoms with E-state index in [4.69, 9.17) is 19.2 Å². The monoisotopic (exact) mass is 437 g/mol. The molecule has 4 heterocycles. The zero-order chi connectivity index (χ0) is 18.9. The van der Waals surface area contributed by atoms with Crippen molar-refractivity contribution in [1.82, 2.24) is 0 Å². The van der Waals surface area contributed by atoms with Crippen molar-refractivity contribution in [2.45, 2.75) is 74.7 Å². The maximum absolute atomic E-state index is 6.58. The minimum atomic E-state index is -0.741. The fourth-order valence-corrected chi connectivity index (χ4v) is 6.55. The average Bonchev–Trinajstić information content (AvgIpc) is 2.86. The van der Waals surface area contributed by atoms with E-state index in [1.165, 1.54) is 6.42 Å². The van der Waals surface area contributed by atoms with Crippen molar-refractivity contribution in [3.63, 3.8) is 0 Å². The van der Waals surface area contributed by atoms with Crippen LogP contribution in [0.5, 0.6) is 0 Å². The quantitative estimate of drug-likeness (QED) is 0.530. The van der Waals surface area contributed by atoms with Crippen LogP contribution in [-0.2, 0) is 19.2 Å². The van der Waals surface area contributed by atoms with Gasteiger partial charge in [-0.1, -0.05) is 41.1 Å². The molecule has 8 atom stereocenters. The molecule has 4 saturated heterocycles. The lowest BCUT2D eigenvalue weighted by Crippen LogP contribution is -2.74. The van der Waals surface area contributed by atoms with Gasteiger partial charge in [0.05, 0.1) is 4.32 Å². The number of hydrogen-bond donors (Lipinski definition) is 1. The van der Waals surface area contributed by atoms with Crippen LogP contribution in [0.2, 0.25) is 0 Å². The summed E-state index contributed by atoms with van der Waals surface area (Å²) in [7, 11) is 0. The Morgan fingerprint density at radius 3 is 2.63 bits per heavy atom. The molecule has 1 N–H and O–H groups in total. The van der Waals surface area contributed by atoms with E-state index >= 15 is 0 Å². The maximum Gasteiger partial charge on any atom is 0.201 e. The molecule has 1 aromatic carbocycles. The van der Waals surface area contributed by atoms with E-state index in [1.54, 1.807) is 0 Å². The van der Waals surface area contributed by atoms with E-state index < -0.39 is 17.7 Å². The highest BCUT2D eigenvalue weighted by Gasteiger charge is 2.72. The lowest BCUT2D eigenvalue weighted by Gasteiger charge is -2.62. The highest BCUT2D eigenvalue weighted by atomic mass is 79.9. The molecule has 5 aliphatic rings. The number of rotatable bonds is 2. The molecule has 5 nitrogen and oxygen atoms in total. The second-order valence-corrected chi connectivity index (χ2v) is 10.7. The van der Waals surface area contributed by atoms with Gasteiger partial charge in [0, 0.05) is 18.0 Å². The summed E-state index contributed by atoms with van der Waals surface area (Å²) >= 11 is 4.04. The van der Waals surface area contributed by atoms with Crippen LogP contribution < -0.4 is 5.32 Å². The Morgan fingerprint density at radius 2 is 1.85 bits per heavy atom. The molecule has 0 aromatic heterocycles. The molecule has 1 spiro atoms. The average molecular weight is 438 g/mol. The summed E-state index contributed by atoms with van der Waals surface area (Å²) in [5, 5.41) is 3.56. The van der Waals surface area contributed by atoms with Crippen molar-refractivity contribution in [3.8, 4) is 0 Å². The van der Waals surface area contributed by atoms with E-state index in [0.717, 1.165) is 24.9 Å². The van der Waals surface area contributed by atoms with Gasteiger partial charge in [0.1, 0.15) is 6.23 Å². The van der Waals surface area contributed by atoms with E-state index in [-0.39, 0.29) is 16.5 Å². The molecule has 0 radical (unpaired) electrons. The SMILES string of the molecule is C[C@@H]1CC[C@H]2[C@](C)(Br)[C@@H](Nc3ccccc3)O[C@@H]3O[C@@]4(C)CC[C@@H]1[C@]32OO4. The Kier molecular flexibility index (Phi) is 4.20. The van der Waals surface area contributed by atoms with Crippen molar-refractivity contribution < 1.29 is 19.2 Å². The van der Waals surface area contributed by atoms with Gasteiger partial charge in [0.2, 0.25) is 5.79 Å². The van der Waals surface area contributed by atoms with Crippen molar-refractivity contribution >= 4 is 21.6 Å². The summed E-state index contributed by atoms with van der Waals surface area (Å²) in [5.74, 6) is 0.394. The van der Waals surface area contributed by atoms with Gasteiger partial charge in [-0.25, -0.2) is 9.78 Å². The molecular weight excluding hydrogens is 410 g/mol. The fourth-order valence-electron chi connectivity index (χ4n) is 5.74. The van der Waals surface area contributed by atoms with Crippen molar-refractivity contribution in [2.24, 2.45) is 17.8 Å². The highest BCUT2D eigenvalue weighted by molar-refractivity contribution is 9.10. The molecule has 2 bridgehead atoms. The molecule has 1 aliphatic carbocycles.